The zero-order chi connectivity index (χ0) is 13.8. The largest absolute Gasteiger partial charge is 0.478 e. The van der Waals surface area contributed by atoms with E-state index in [-0.39, 0.29) is 16.9 Å². The summed E-state index contributed by atoms with van der Waals surface area (Å²) < 4.78 is 26.4. The van der Waals surface area contributed by atoms with Crippen molar-refractivity contribution in [1.29, 1.82) is 0 Å². The molecule has 0 amide bonds. The van der Waals surface area contributed by atoms with Crippen LogP contribution in [0.15, 0.2) is 41.6 Å². The molecule has 0 fully saturated rings. The molecule has 1 aromatic heterocycles. The molecule has 6 heteroatoms. The fourth-order valence-corrected chi connectivity index (χ4v) is 2.30. The summed E-state index contributed by atoms with van der Waals surface area (Å²) in [5.74, 6) is -1.88. The van der Waals surface area contributed by atoms with E-state index in [4.69, 9.17) is 5.11 Å². The van der Waals surface area contributed by atoms with Crippen molar-refractivity contribution in [3.8, 4) is 0 Å². The fraction of sp³-hybridized carbons (Fsp3) is 0.0769. The molecule has 98 valence electrons. The first-order valence-corrected chi connectivity index (χ1v) is 6.31. The van der Waals surface area contributed by atoms with Crippen LogP contribution in [0, 0.1) is 11.6 Å². The predicted molar refractivity (Wildman–Crippen MR) is 67.1 cm³/mol. The summed E-state index contributed by atoms with van der Waals surface area (Å²) in [4.78, 5) is 14.8. The molecule has 0 saturated carbocycles. The van der Waals surface area contributed by atoms with Crippen LogP contribution in [-0.4, -0.2) is 16.1 Å². The lowest BCUT2D eigenvalue weighted by Crippen LogP contribution is -1.97. The molecule has 3 nitrogen and oxygen atoms in total. The van der Waals surface area contributed by atoms with E-state index >= 15 is 0 Å². The van der Waals surface area contributed by atoms with E-state index < -0.39 is 17.6 Å². The number of thioether (sulfide) groups is 1. The Labute approximate surface area is 112 Å². The Morgan fingerprint density at radius 2 is 2.05 bits per heavy atom. The van der Waals surface area contributed by atoms with Gasteiger partial charge in [-0.25, -0.2) is 18.6 Å². The molecule has 1 aromatic carbocycles. The maximum Gasteiger partial charge on any atom is 0.335 e. The number of halogens is 2. The van der Waals surface area contributed by atoms with Gasteiger partial charge in [0.2, 0.25) is 0 Å². The number of aromatic nitrogens is 1. The second kappa shape index (κ2) is 5.79. The van der Waals surface area contributed by atoms with Crippen LogP contribution in [-0.2, 0) is 5.75 Å². The third-order valence-electron chi connectivity index (χ3n) is 2.37. The number of carbonyl (C=O) groups is 1. The van der Waals surface area contributed by atoms with E-state index in [1.54, 1.807) is 0 Å². The maximum atomic E-state index is 13.4. The third-order valence-corrected chi connectivity index (χ3v) is 3.34. The minimum atomic E-state index is -1.05. The van der Waals surface area contributed by atoms with Crippen LogP contribution in [0.4, 0.5) is 8.78 Å². The monoisotopic (exact) mass is 281 g/mol. The van der Waals surface area contributed by atoms with E-state index in [1.165, 1.54) is 18.3 Å². The third kappa shape index (κ3) is 3.51. The van der Waals surface area contributed by atoms with Gasteiger partial charge in [0, 0.05) is 17.5 Å². The molecule has 1 N–H and O–H groups in total. The number of hydrogen-bond donors (Lipinski definition) is 1. The lowest BCUT2D eigenvalue weighted by molar-refractivity contribution is 0.0696. The van der Waals surface area contributed by atoms with Crippen molar-refractivity contribution in [2.75, 3.05) is 0 Å². The van der Waals surface area contributed by atoms with Crippen LogP contribution in [0.5, 0.6) is 0 Å². The van der Waals surface area contributed by atoms with Gasteiger partial charge < -0.3 is 5.11 Å². The highest BCUT2D eigenvalue weighted by molar-refractivity contribution is 7.98. The van der Waals surface area contributed by atoms with Crippen molar-refractivity contribution >= 4 is 17.7 Å². The summed E-state index contributed by atoms with van der Waals surface area (Å²) in [6, 6.07) is 5.99. The quantitative estimate of drug-likeness (QED) is 0.873. The summed E-state index contributed by atoms with van der Waals surface area (Å²) >= 11 is 1.15. The van der Waals surface area contributed by atoms with Gasteiger partial charge in [-0.3, -0.25) is 0 Å². The Balaban J connectivity index is 2.12. The first kappa shape index (κ1) is 13.5. The molecule has 1 heterocycles. The topological polar surface area (TPSA) is 50.2 Å². The predicted octanol–water partition coefficient (Wildman–Crippen LogP) is 3.35. The summed E-state index contributed by atoms with van der Waals surface area (Å²) in [7, 11) is 0. The zero-order valence-corrected chi connectivity index (χ0v) is 10.5. The van der Waals surface area contributed by atoms with Crippen LogP contribution in [0.1, 0.15) is 15.9 Å². The second-order valence-corrected chi connectivity index (χ2v) is 4.71. The molecule has 0 aliphatic heterocycles. The van der Waals surface area contributed by atoms with Crippen molar-refractivity contribution in [2.45, 2.75) is 10.8 Å². The number of carboxylic acid groups (broad SMARTS) is 1. The number of nitrogens with zero attached hydrogens (tertiary/aromatic N) is 1. The SMILES string of the molecule is O=C(O)c1ccnc(SCc2cc(F)ccc2F)c1. The maximum absolute atomic E-state index is 13.4. The van der Waals surface area contributed by atoms with Crippen LogP contribution in [0.2, 0.25) is 0 Å². The van der Waals surface area contributed by atoms with Crippen molar-refractivity contribution in [3.63, 3.8) is 0 Å². The van der Waals surface area contributed by atoms with Crippen molar-refractivity contribution < 1.29 is 18.7 Å². The number of pyridine rings is 1. The molecule has 0 aliphatic carbocycles. The summed E-state index contributed by atoms with van der Waals surface area (Å²) in [6.45, 7) is 0. The van der Waals surface area contributed by atoms with Gasteiger partial charge in [0.25, 0.3) is 0 Å². The Bertz CT molecular complexity index is 619. The van der Waals surface area contributed by atoms with Crippen molar-refractivity contribution in [1.82, 2.24) is 4.98 Å². The number of rotatable bonds is 4. The molecule has 0 spiro atoms. The molecular weight excluding hydrogens is 272 g/mol. The Morgan fingerprint density at radius 1 is 1.26 bits per heavy atom. The summed E-state index contributed by atoms with van der Waals surface area (Å²) in [6.07, 6.45) is 1.37. The highest BCUT2D eigenvalue weighted by atomic mass is 32.2. The van der Waals surface area contributed by atoms with Crippen LogP contribution < -0.4 is 0 Å². The average Bonchev–Trinajstić information content (AvgIpc) is 2.40. The Hall–Kier alpha value is -1.95. The van der Waals surface area contributed by atoms with Gasteiger partial charge in [0.15, 0.2) is 0 Å². The van der Waals surface area contributed by atoms with Crippen molar-refractivity contribution in [2.24, 2.45) is 0 Å². The molecule has 2 rings (SSSR count). The highest BCUT2D eigenvalue weighted by Gasteiger charge is 2.07. The molecule has 0 bridgehead atoms. The van der Waals surface area contributed by atoms with Gasteiger partial charge in [-0.05, 0) is 30.3 Å². The fourth-order valence-electron chi connectivity index (χ4n) is 1.43. The average molecular weight is 281 g/mol. The van der Waals surface area contributed by atoms with Gasteiger partial charge in [0.05, 0.1) is 10.6 Å². The Kier molecular flexibility index (Phi) is 4.11. The minimum Gasteiger partial charge on any atom is -0.478 e. The number of aromatic carboxylic acids is 1. The van der Waals surface area contributed by atoms with E-state index in [1.807, 2.05) is 0 Å². The number of benzene rings is 1. The summed E-state index contributed by atoms with van der Waals surface area (Å²) in [5, 5.41) is 9.28. The van der Waals surface area contributed by atoms with E-state index in [0.29, 0.717) is 5.03 Å². The molecule has 0 aliphatic rings. The molecule has 0 atom stereocenters. The van der Waals surface area contributed by atoms with Gasteiger partial charge in [-0.2, -0.15) is 0 Å². The normalized spacial score (nSPS) is 10.4. The second-order valence-electron chi connectivity index (χ2n) is 3.71. The Morgan fingerprint density at radius 3 is 2.79 bits per heavy atom. The van der Waals surface area contributed by atoms with Gasteiger partial charge in [-0.15, -0.1) is 11.8 Å². The molecule has 0 saturated heterocycles. The van der Waals surface area contributed by atoms with Gasteiger partial charge in [-0.1, -0.05) is 0 Å². The molecule has 19 heavy (non-hydrogen) atoms. The smallest absolute Gasteiger partial charge is 0.335 e. The standard InChI is InChI=1S/C13H9F2NO2S/c14-10-1-2-11(15)9(5-10)7-19-12-6-8(13(17)18)3-4-16-12/h1-6H,7H2,(H,17,18). The van der Waals surface area contributed by atoms with Crippen LogP contribution in [0.3, 0.4) is 0 Å². The molecule has 2 aromatic rings. The molecule has 0 unspecified atom stereocenters. The van der Waals surface area contributed by atoms with Crippen molar-refractivity contribution in [3.05, 3.63) is 59.3 Å². The van der Waals surface area contributed by atoms with E-state index in [9.17, 15) is 13.6 Å². The highest BCUT2D eigenvalue weighted by Crippen LogP contribution is 2.23. The first-order valence-electron chi connectivity index (χ1n) is 5.32. The zero-order valence-electron chi connectivity index (χ0n) is 9.64. The number of carboxylic acids is 1. The summed E-state index contributed by atoms with van der Waals surface area (Å²) in [5.41, 5.74) is 0.324. The van der Waals surface area contributed by atoms with Crippen LogP contribution >= 0.6 is 11.8 Å². The van der Waals surface area contributed by atoms with Gasteiger partial charge >= 0.3 is 5.97 Å². The molecular formula is C13H9F2NO2S. The van der Waals surface area contributed by atoms with E-state index in [2.05, 4.69) is 4.98 Å². The first-order chi connectivity index (χ1) is 9.06. The van der Waals surface area contributed by atoms with Gasteiger partial charge in [0.1, 0.15) is 11.6 Å². The number of hydrogen-bond acceptors (Lipinski definition) is 3. The van der Waals surface area contributed by atoms with E-state index in [0.717, 1.165) is 30.0 Å². The lowest BCUT2D eigenvalue weighted by atomic mass is 10.2. The lowest BCUT2D eigenvalue weighted by Gasteiger charge is -2.04. The molecule has 0 radical (unpaired) electrons. The van der Waals surface area contributed by atoms with Crippen LogP contribution in [0.25, 0.3) is 0 Å². The minimum absolute atomic E-state index is 0.109.